The fraction of sp³-hybridized carbons (Fsp3) is 0.409. The number of carbonyl (C=O) groups excluding carboxylic acids is 1. The molecule has 3 rings (SSSR count). The summed E-state index contributed by atoms with van der Waals surface area (Å²) in [5.41, 5.74) is 5.70. The van der Waals surface area contributed by atoms with Crippen molar-refractivity contribution in [3.05, 3.63) is 70.3 Å². The topological polar surface area (TPSA) is 33.5 Å². The first-order valence-electron chi connectivity index (χ1n) is 9.39. The van der Waals surface area contributed by atoms with E-state index in [1.165, 1.54) is 49.0 Å². The highest BCUT2D eigenvalue weighted by Crippen LogP contribution is 2.11. The van der Waals surface area contributed by atoms with Crippen molar-refractivity contribution in [3.63, 3.8) is 0 Å². The first-order valence-corrected chi connectivity index (χ1v) is 9.39. The first-order chi connectivity index (χ1) is 12.1. The minimum absolute atomic E-state index is 0.00298. The summed E-state index contributed by atoms with van der Waals surface area (Å²) in [5, 5.41) is 3.09. The Morgan fingerprint density at radius 3 is 2.40 bits per heavy atom. The van der Waals surface area contributed by atoms with Crippen LogP contribution in [-0.4, -0.2) is 19.0 Å². The van der Waals surface area contributed by atoms with E-state index in [0.717, 1.165) is 17.7 Å². The fourth-order valence-corrected chi connectivity index (χ4v) is 3.56. The number of aryl methyl sites for hydroxylation is 2. The second-order valence-electron chi connectivity index (χ2n) is 7.24. The zero-order chi connectivity index (χ0) is 17.6. The monoisotopic (exact) mass is 337 g/mol. The van der Waals surface area contributed by atoms with Crippen LogP contribution in [0.15, 0.2) is 42.5 Å². The molecule has 0 bridgehead atoms. The highest BCUT2D eigenvalue weighted by Gasteiger charge is 2.16. The lowest BCUT2D eigenvalue weighted by Gasteiger charge is -2.24. The summed E-state index contributed by atoms with van der Waals surface area (Å²) in [6.45, 7) is 8.30. The minimum atomic E-state index is 0.00298. The van der Waals surface area contributed by atoms with Gasteiger partial charge in [-0.2, -0.15) is 0 Å². The van der Waals surface area contributed by atoms with Gasteiger partial charge in [0.05, 0.1) is 13.1 Å². The molecule has 1 saturated heterocycles. The maximum atomic E-state index is 12.5. The zero-order valence-corrected chi connectivity index (χ0v) is 15.4. The number of quaternary nitrogens is 1. The molecular weight excluding hydrogens is 308 g/mol. The highest BCUT2D eigenvalue weighted by molar-refractivity contribution is 5.94. The molecule has 0 radical (unpaired) electrons. The number of piperidine rings is 1. The molecule has 2 N–H and O–H groups in total. The number of nitrogens with one attached hydrogen (secondary N) is 2. The number of rotatable bonds is 5. The number of benzene rings is 2. The molecule has 0 saturated carbocycles. The molecule has 1 amide bonds. The van der Waals surface area contributed by atoms with Gasteiger partial charge >= 0.3 is 0 Å². The largest absolute Gasteiger partial charge is 0.348 e. The Morgan fingerprint density at radius 2 is 1.68 bits per heavy atom. The molecule has 0 spiro atoms. The lowest BCUT2D eigenvalue weighted by molar-refractivity contribution is -0.918. The Balaban J connectivity index is 1.64. The van der Waals surface area contributed by atoms with Crippen molar-refractivity contribution in [1.29, 1.82) is 0 Å². The molecule has 2 aromatic rings. The van der Waals surface area contributed by atoms with Gasteiger partial charge in [-0.15, -0.1) is 0 Å². The van der Waals surface area contributed by atoms with Crippen LogP contribution in [0.1, 0.15) is 51.9 Å². The molecule has 1 heterocycles. The van der Waals surface area contributed by atoms with Crippen molar-refractivity contribution in [2.75, 3.05) is 13.1 Å². The summed E-state index contributed by atoms with van der Waals surface area (Å²) in [5.74, 6) is 0.00298. The predicted octanol–water partition coefficient (Wildman–Crippen LogP) is 2.80. The maximum absolute atomic E-state index is 12.5. The molecule has 1 aliphatic heterocycles. The summed E-state index contributed by atoms with van der Waals surface area (Å²) in [7, 11) is 0. The quantitative estimate of drug-likeness (QED) is 0.864. The van der Waals surface area contributed by atoms with E-state index in [1.807, 2.05) is 25.1 Å². The van der Waals surface area contributed by atoms with Crippen LogP contribution < -0.4 is 10.2 Å². The maximum Gasteiger partial charge on any atom is 0.251 e. The Labute approximate surface area is 151 Å². The average Bonchev–Trinajstić information content (AvgIpc) is 2.64. The third-order valence-electron chi connectivity index (χ3n) is 5.33. The minimum Gasteiger partial charge on any atom is -0.348 e. The molecule has 0 unspecified atom stereocenters. The van der Waals surface area contributed by atoms with E-state index in [4.69, 9.17) is 0 Å². The van der Waals surface area contributed by atoms with E-state index in [0.29, 0.717) is 6.54 Å². The number of likely N-dealkylation sites (tertiary alicyclic amines) is 1. The standard InChI is InChI=1S/C22H28N2O/c1-17-10-11-19(14-18(17)2)22(25)23-15-20-8-4-5-9-21(20)16-24-12-6-3-7-13-24/h4-5,8-11,14H,3,6-7,12-13,15-16H2,1-2H3,(H,23,25)/p+1. The van der Waals surface area contributed by atoms with Crippen LogP contribution in [-0.2, 0) is 13.1 Å². The van der Waals surface area contributed by atoms with E-state index < -0.39 is 0 Å². The summed E-state index contributed by atoms with van der Waals surface area (Å²) in [4.78, 5) is 14.1. The molecule has 25 heavy (non-hydrogen) atoms. The molecule has 1 fully saturated rings. The van der Waals surface area contributed by atoms with Crippen LogP contribution in [0.4, 0.5) is 0 Å². The second kappa shape index (κ2) is 8.30. The molecule has 132 valence electrons. The van der Waals surface area contributed by atoms with E-state index >= 15 is 0 Å². The van der Waals surface area contributed by atoms with Gasteiger partial charge < -0.3 is 10.2 Å². The first kappa shape index (κ1) is 17.7. The van der Waals surface area contributed by atoms with Crippen LogP contribution in [0.3, 0.4) is 0 Å². The van der Waals surface area contributed by atoms with E-state index in [-0.39, 0.29) is 5.91 Å². The third kappa shape index (κ3) is 4.70. The van der Waals surface area contributed by atoms with Gasteiger partial charge in [0.15, 0.2) is 0 Å². The lowest BCUT2D eigenvalue weighted by atomic mass is 10.0. The van der Waals surface area contributed by atoms with Gasteiger partial charge in [0.2, 0.25) is 0 Å². The van der Waals surface area contributed by atoms with Gasteiger partial charge in [0, 0.05) is 17.7 Å². The lowest BCUT2D eigenvalue weighted by Crippen LogP contribution is -3.11. The Kier molecular flexibility index (Phi) is 5.87. The predicted molar refractivity (Wildman–Crippen MR) is 102 cm³/mol. The van der Waals surface area contributed by atoms with Gasteiger partial charge in [-0.05, 0) is 61.9 Å². The number of hydrogen-bond acceptors (Lipinski definition) is 1. The Bertz CT molecular complexity index is 733. The van der Waals surface area contributed by atoms with Gasteiger partial charge in [-0.3, -0.25) is 4.79 Å². The van der Waals surface area contributed by atoms with Crippen LogP contribution in [0, 0.1) is 13.8 Å². The van der Waals surface area contributed by atoms with Crippen molar-refractivity contribution >= 4 is 5.91 Å². The molecule has 3 nitrogen and oxygen atoms in total. The summed E-state index contributed by atoms with van der Waals surface area (Å²) in [6.07, 6.45) is 4.04. The SMILES string of the molecule is Cc1ccc(C(=O)NCc2ccccc2C[NH+]2CCCCC2)cc1C. The van der Waals surface area contributed by atoms with Crippen molar-refractivity contribution in [3.8, 4) is 0 Å². The summed E-state index contributed by atoms with van der Waals surface area (Å²) >= 11 is 0. The number of hydrogen-bond donors (Lipinski definition) is 2. The Hall–Kier alpha value is -2.13. The molecule has 0 aliphatic carbocycles. The molecular formula is C22H29N2O+. The van der Waals surface area contributed by atoms with Crippen molar-refractivity contribution < 1.29 is 9.69 Å². The molecule has 2 aromatic carbocycles. The van der Waals surface area contributed by atoms with Gasteiger partial charge in [-0.25, -0.2) is 0 Å². The van der Waals surface area contributed by atoms with Crippen molar-refractivity contribution in [2.45, 2.75) is 46.2 Å². The van der Waals surface area contributed by atoms with Crippen LogP contribution in [0.5, 0.6) is 0 Å². The van der Waals surface area contributed by atoms with Gasteiger partial charge in [0.25, 0.3) is 5.91 Å². The number of carbonyl (C=O) groups is 1. The summed E-state index contributed by atoms with van der Waals surface area (Å²) < 4.78 is 0. The molecule has 0 atom stereocenters. The van der Waals surface area contributed by atoms with Crippen molar-refractivity contribution in [1.82, 2.24) is 5.32 Å². The smallest absolute Gasteiger partial charge is 0.251 e. The van der Waals surface area contributed by atoms with Gasteiger partial charge in [-0.1, -0.05) is 30.3 Å². The van der Waals surface area contributed by atoms with Crippen LogP contribution in [0.25, 0.3) is 0 Å². The average molecular weight is 337 g/mol. The van der Waals surface area contributed by atoms with Crippen LogP contribution in [0.2, 0.25) is 0 Å². The second-order valence-corrected chi connectivity index (χ2v) is 7.24. The van der Waals surface area contributed by atoms with E-state index in [1.54, 1.807) is 4.90 Å². The fourth-order valence-electron chi connectivity index (χ4n) is 3.56. The third-order valence-corrected chi connectivity index (χ3v) is 5.33. The summed E-state index contributed by atoms with van der Waals surface area (Å²) in [6, 6.07) is 14.4. The normalized spacial score (nSPS) is 15.1. The highest BCUT2D eigenvalue weighted by atomic mass is 16.1. The van der Waals surface area contributed by atoms with Crippen molar-refractivity contribution in [2.24, 2.45) is 0 Å². The molecule has 1 aliphatic rings. The zero-order valence-electron chi connectivity index (χ0n) is 15.4. The molecule has 3 heteroatoms. The number of amides is 1. The Morgan fingerprint density at radius 1 is 0.960 bits per heavy atom. The molecule has 0 aromatic heterocycles. The van der Waals surface area contributed by atoms with Crippen LogP contribution >= 0.6 is 0 Å². The van der Waals surface area contributed by atoms with E-state index in [2.05, 4.69) is 36.5 Å². The van der Waals surface area contributed by atoms with E-state index in [9.17, 15) is 4.79 Å². The van der Waals surface area contributed by atoms with Gasteiger partial charge in [0.1, 0.15) is 6.54 Å².